The number of hydrogen-bond donors (Lipinski definition) is 1. The fraction of sp³-hybridized carbons (Fsp3) is 0.538. The maximum Gasteiger partial charge on any atom is 0.0563 e. The molecule has 0 heterocycles. The van der Waals surface area contributed by atoms with Crippen molar-refractivity contribution in [2.24, 2.45) is 5.92 Å². The summed E-state index contributed by atoms with van der Waals surface area (Å²) in [4.78, 5) is 0. The highest BCUT2D eigenvalue weighted by Crippen LogP contribution is 2.23. The summed E-state index contributed by atoms with van der Waals surface area (Å²) < 4.78 is 0. The predicted molar refractivity (Wildman–Crippen MR) is 70.2 cm³/mol. The second kappa shape index (κ2) is 6.48. The summed E-state index contributed by atoms with van der Waals surface area (Å²) in [5.41, 5.74) is 1.10. The summed E-state index contributed by atoms with van der Waals surface area (Å²) in [7, 11) is 0. The molecule has 0 spiro atoms. The van der Waals surface area contributed by atoms with Crippen molar-refractivity contribution < 1.29 is 5.11 Å². The molecule has 0 fully saturated rings. The molecule has 0 radical (unpaired) electrons. The Balaban J connectivity index is 2.43. The molecule has 1 unspecified atom stereocenters. The van der Waals surface area contributed by atoms with Crippen molar-refractivity contribution in [3.8, 4) is 0 Å². The smallest absolute Gasteiger partial charge is 0.0563 e. The van der Waals surface area contributed by atoms with E-state index in [1.807, 2.05) is 26.0 Å². The summed E-state index contributed by atoms with van der Waals surface area (Å²) in [6, 6.07) is 5.56. The largest absolute Gasteiger partial charge is 0.393 e. The van der Waals surface area contributed by atoms with Crippen LogP contribution in [0.15, 0.2) is 18.2 Å². The lowest BCUT2D eigenvalue weighted by atomic mass is 9.99. The molecule has 0 saturated carbocycles. The van der Waals surface area contributed by atoms with Gasteiger partial charge in [0.05, 0.1) is 6.10 Å². The Morgan fingerprint density at radius 3 is 2.50 bits per heavy atom. The minimum atomic E-state index is -0.217. The maximum absolute atomic E-state index is 9.66. The van der Waals surface area contributed by atoms with Crippen LogP contribution in [0.1, 0.15) is 32.3 Å². The standard InChI is InChI=1S/C13H18Cl2O/c1-9(2)13(16)5-3-4-10-6-7-11(14)8-12(10)15/h6-9,13,16H,3-5H2,1-2H3. The highest BCUT2D eigenvalue weighted by atomic mass is 35.5. The monoisotopic (exact) mass is 260 g/mol. The Kier molecular flexibility index (Phi) is 5.60. The van der Waals surface area contributed by atoms with E-state index in [1.54, 1.807) is 6.07 Å². The SMILES string of the molecule is CC(C)C(O)CCCc1ccc(Cl)cc1Cl. The molecular formula is C13H18Cl2O. The maximum atomic E-state index is 9.66. The van der Waals surface area contributed by atoms with Gasteiger partial charge in [-0.15, -0.1) is 0 Å². The Labute approximate surface area is 107 Å². The highest BCUT2D eigenvalue weighted by Gasteiger charge is 2.09. The summed E-state index contributed by atoms with van der Waals surface area (Å²) >= 11 is 11.9. The normalized spacial score (nSPS) is 13.1. The molecule has 1 aromatic carbocycles. The summed E-state index contributed by atoms with van der Waals surface area (Å²) in [6.07, 6.45) is 2.43. The van der Waals surface area contributed by atoms with E-state index in [0.29, 0.717) is 16.0 Å². The van der Waals surface area contributed by atoms with Gasteiger partial charge in [-0.2, -0.15) is 0 Å². The molecule has 3 heteroatoms. The molecule has 90 valence electrons. The first-order chi connectivity index (χ1) is 7.50. The molecular weight excluding hydrogens is 243 g/mol. The van der Waals surface area contributed by atoms with Gasteiger partial charge in [-0.1, -0.05) is 43.1 Å². The lowest BCUT2D eigenvalue weighted by Crippen LogP contribution is -2.14. The molecule has 0 aliphatic carbocycles. The first kappa shape index (κ1) is 13.8. The fourth-order valence-corrected chi connectivity index (χ4v) is 2.06. The van der Waals surface area contributed by atoms with E-state index in [9.17, 15) is 5.11 Å². The number of benzene rings is 1. The molecule has 0 aliphatic rings. The lowest BCUT2D eigenvalue weighted by molar-refractivity contribution is 0.114. The second-order valence-corrected chi connectivity index (χ2v) is 5.28. The number of aliphatic hydroxyl groups is 1. The van der Waals surface area contributed by atoms with Crippen molar-refractivity contribution in [3.63, 3.8) is 0 Å². The number of hydrogen-bond acceptors (Lipinski definition) is 1. The molecule has 1 rings (SSSR count). The summed E-state index contributed by atoms with van der Waals surface area (Å²) in [6.45, 7) is 4.06. The van der Waals surface area contributed by atoms with Gasteiger partial charge in [0.15, 0.2) is 0 Å². The molecule has 0 amide bonds. The van der Waals surface area contributed by atoms with E-state index in [4.69, 9.17) is 23.2 Å². The molecule has 1 N–H and O–H groups in total. The van der Waals surface area contributed by atoms with Gasteiger partial charge in [-0.3, -0.25) is 0 Å². The Morgan fingerprint density at radius 2 is 1.94 bits per heavy atom. The summed E-state index contributed by atoms with van der Waals surface area (Å²) in [5.74, 6) is 0.320. The van der Waals surface area contributed by atoms with E-state index in [-0.39, 0.29) is 6.10 Å². The molecule has 0 aromatic heterocycles. The van der Waals surface area contributed by atoms with E-state index in [1.165, 1.54) is 0 Å². The van der Waals surface area contributed by atoms with Crippen LogP contribution in [-0.2, 0) is 6.42 Å². The minimum absolute atomic E-state index is 0.217. The molecule has 1 nitrogen and oxygen atoms in total. The highest BCUT2D eigenvalue weighted by molar-refractivity contribution is 6.35. The van der Waals surface area contributed by atoms with Gasteiger partial charge in [-0.25, -0.2) is 0 Å². The minimum Gasteiger partial charge on any atom is -0.393 e. The summed E-state index contributed by atoms with van der Waals surface area (Å²) in [5, 5.41) is 11.0. The topological polar surface area (TPSA) is 20.2 Å². The van der Waals surface area contributed by atoms with Crippen molar-refractivity contribution in [1.29, 1.82) is 0 Å². The van der Waals surface area contributed by atoms with Crippen LogP contribution in [0.3, 0.4) is 0 Å². The van der Waals surface area contributed by atoms with Crippen molar-refractivity contribution in [3.05, 3.63) is 33.8 Å². The zero-order valence-electron chi connectivity index (χ0n) is 9.71. The molecule has 0 aliphatic heterocycles. The zero-order chi connectivity index (χ0) is 12.1. The first-order valence-electron chi connectivity index (χ1n) is 5.62. The van der Waals surface area contributed by atoms with Gasteiger partial charge in [0.25, 0.3) is 0 Å². The van der Waals surface area contributed by atoms with Crippen molar-refractivity contribution in [1.82, 2.24) is 0 Å². The number of halogens is 2. The van der Waals surface area contributed by atoms with Crippen LogP contribution in [0, 0.1) is 5.92 Å². The van der Waals surface area contributed by atoms with E-state index >= 15 is 0 Å². The van der Waals surface area contributed by atoms with Gasteiger partial charge in [0, 0.05) is 10.0 Å². The quantitative estimate of drug-likeness (QED) is 0.836. The lowest BCUT2D eigenvalue weighted by Gasteiger charge is -2.14. The van der Waals surface area contributed by atoms with Crippen molar-refractivity contribution >= 4 is 23.2 Å². The third kappa shape index (κ3) is 4.32. The van der Waals surface area contributed by atoms with Crippen LogP contribution in [-0.4, -0.2) is 11.2 Å². The average Bonchev–Trinajstić information content (AvgIpc) is 2.20. The van der Waals surface area contributed by atoms with Gasteiger partial charge in [-0.05, 0) is 42.9 Å². The van der Waals surface area contributed by atoms with Gasteiger partial charge in [0.2, 0.25) is 0 Å². The molecule has 1 aromatic rings. The van der Waals surface area contributed by atoms with Gasteiger partial charge >= 0.3 is 0 Å². The number of aryl methyl sites for hydroxylation is 1. The van der Waals surface area contributed by atoms with Crippen molar-refractivity contribution in [2.75, 3.05) is 0 Å². The van der Waals surface area contributed by atoms with Gasteiger partial charge < -0.3 is 5.11 Å². The molecule has 0 bridgehead atoms. The number of aliphatic hydroxyl groups excluding tert-OH is 1. The van der Waals surface area contributed by atoms with Crippen LogP contribution in [0.2, 0.25) is 10.0 Å². The predicted octanol–water partition coefficient (Wildman–Crippen LogP) is 4.33. The van der Waals surface area contributed by atoms with Crippen LogP contribution >= 0.6 is 23.2 Å². The van der Waals surface area contributed by atoms with Crippen LogP contribution in [0.25, 0.3) is 0 Å². The molecule has 16 heavy (non-hydrogen) atoms. The van der Waals surface area contributed by atoms with Crippen LogP contribution < -0.4 is 0 Å². The van der Waals surface area contributed by atoms with E-state index in [2.05, 4.69) is 0 Å². The van der Waals surface area contributed by atoms with Crippen molar-refractivity contribution in [2.45, 2.75) is 39.2 Å². The fourth-order valence-electron chi connectivity index (χ4n) is 1.56. The Morgan fingerprint density at radius 1 is 1.25 bits per heavy atom. The third-order valence-electron chi connectivity index (χ3n) is 2.73. The van der Waals surface area contributed by atoms with Crippen LogP contribution in [0.5, 0.6) is 0 Å². The average molecular weight is 261 g/mol. The molecule has 0 saturated heterocycles. The van der Waals surface area contributed by atoms with E-state index in [0.717, 1.165) is 24.8 Å². The first-order valence-corrected chi connectivity index (χ1v) is 6.38. The Bertz CT molecular complexity index is 337. The van der Waals surface area contributed by atoms with Crippen LogP contribution in [0.4, 0.5) is 0 Å². The molecule has 1 atom stereocenters. The van der Waals surface area contributed by atoms with Gasteiger partial charge in [0.1, 0.15) is 0 Å². The third-order valence-corrected chi connectivity index (χ3v) is 3.32. The number of rotatable bonds is 5. The zero-order valence-corrected chi connectivity index (χ0v) is 11.2. The van der Waals surface area contributed by atoms with E-state index < -0.39 is 0 Å². The Hall–Kier alpha value is -0.240. The second-order valence-electron chi connectivity index (χ2n) is 4.44.